The number of hydrogen-bond donors (Lipinski definition) is 2. The van der Waals surface area contributed by atoms with E-state index in [1.807, 2.05) is 20.8 Å². The van der Waals surface area contributed by atoms with Gasteiger partial charge in [-0.15, -0.1) is 11.3 Å². The van der Waals surface area contributed by atoms with Crippen molar-refractivity contribution in [1.29, 1.82) is 0 Å². The molecule has 1 aliphatic heterocycles. The molecule has 1 aromatic heterocycles. The minimum absolute atomic E-state index is 0.0367. The van der Waals surface area contributed by atoms with Gasteiger partial charge in [0.05, 0.1) is 22.8 Å². The first-order valence-corrected chi connectivity index (χ1v) is 7.78. The van der Waals surface area contributed by atoms with Gasteiger partial charge in [0.1, 0.15) is 0 Å². The van der Waals surface area contributed by atoms with Crippen molar-refractivity contribution in [2.24, 2.45) is 5.92 Å². The fourth-order valence-corrected chi connectivity index (χ4v) is 3.65. The number of piperidine rings is 1. The summed E-state index contributed by atoms with van der Waals surface area (Å²) >= 11 is 1.67. The van der Waals surface area contributed by atoms with Crippen molar-refractivity contribution in [1.82, 2.24) is 15.6 Å². The minimum Gasteiger partial charge on any atom is -0.347 e. The van der Waals surface area contributed by atoms with Crippen LogP contribution in [0.2, 0.25) is 0 Å². The summed E-state index contributed by atoms with van der Waals surface area (Å²) in [4.78, 5) is 17.9. The summed E-state index contributed by atoms with van der Waals surface area (Å²) < 4.78 is 0. The molecule has 4 nitrogen and oxygen atoms in total. The van der Waals surface area contributed by atoms with Crippen LogP contribution in [0.15, 0.2) is 0 Å². The normalized spacial score (nSPS) is 25.1. The number of rotatable bonds is 3. The average molecular weight is 281 g/mol. The smallest absolute Gasteiger partial charge is 0.237 e. The zero-order chi connectivity index (χ0) is 14.0. The van der Waals surface area contributed by atoms with Crippen LogP contribution in [0.25, 0.3) is 0 Å². The van der Waals surface area contributed by atoms with Crippen molar-refractivity contribution in [3.8, 4) is 0 Å². The summed E-state index contributed by atoms with van der Waals surface area (Å²) in [6, 6.07) is -0.0137. The second-order valence-corrected chi connectivity index (χ2v) is 6.70. The van der Waals surface area contributed by atoms with Gasteiger partial charge in [-0.3, -0.25) is 4.79 Å². The van der Waals surface area contributed by atoms with Crippen molar-refractivity contribution in [3.05, 3.63) is 15.6 Å². The van der Waals surface area contributed by atoms with Crippen LogP contribution in [-0.2, 0) is 4.79 Å². The lowest BCUT2D eigenvalue weighted by Gasteiger charge is -2.30. The monoisotopic (exact) mass is 281 g/mol. The summed E-state index contributed by atoms with van der Waals surface area (Å²) in [6.45, 7) is 9.12. The maximum Gasteiger partial charge on any atom is 0.237 e. The maximum absolute atomic E-state index is 12.3. The van der Waals surface area contributed by atoms with E-state index in [1.165, 1.54) is 0 Å². The Morgan fingerprint density at radius 2 is 2.26 bits per heavy atom. The zero-order valence-corrected chi connectivity index (χ0v) is 12.9. The molecule has 0 bridgehead atoms. The van der Waals surface area contributed by atoms with Crippen LogP contribution in [0.1, 0.15) is 48.3 Å². The summed E-state index contributed by atoms with van der Waals surface area (Å²) in [5.74, 6) is 0.524. The molecule has 2 N–H and O–H groups in total. The second kappa shape index (κ2) is 6.01. The molecule has 2 heterocycles. The molecule has 0 aliphatic carbocycles. The lowest BCUT2D eigenvalue weighted by atomic mass is 9.92. The van der Waals surface area contributed by atoms with E-state index in [4.69, 9.17) is 0 Å². The Kier molecular flexibility index (Phi) is 4.58. The third-order valence-corrected chi connectivity index (χ3v) is 5.00. The van der Waals surface area contributed by atoms with Crippen LogP contribution in [0.3, 0.4) is 0 Å². The molecule has 3 atom stereocenters. The summed E-state index contributed by atoms with van der Waals surface area (Å²) in [7, 11) is 0. The summed E-state index contributed by atoms with van der Waals surface area (Å²) in [5.41, 5.74) is 1.03. The number of nitrogens with one attached hydrogen (secondary N) is 2. The third-order valence-electron chi connectivity index (χ3n) is 3.74. The molecule has 0 saturated carbocycles. The molecule has 3 unspecified atom stereocenters. The molecular weight excluding hydrogens is 258 g/mol. The number of aryl methyl sites for hydroxylation is 2. The van der Waals surface area contributed by atoms with Gasteiger partial charge < -0.3 is 10.6 Å². The molecule has 1 aromatic rings. The van der Waals surface area contributed by atoms with E-state index in [2.05, 4.69) is 22.5 Å². The molecule has 1 amide bonds. The molecule has 1 saturated heterocycles. The Labute approximate surface area is 119 Å². The molecule has 1 aliphatic rings. The number of thiazole rings is 1. The first-order valence-electron chi connectivity index (χ1n) is 6.96. The maximum atomic E-state index is 12.3. The van der Waals surface area contributed by atoms with Gasteiger partial charge in [-0.2, -0.15) is 0 Å². The highest BCUT2D eigenvalue weighted by Crippen LogP contribution is 2.25. The molecule has 5 heteroatoms. The quantitative estimate of drug-likeness (QED) is 0.894. The summed E-state index contributed by atoms with van der Waals surface area (Å²) in [5, 5.41) is 7.49. The standard InChI is InChI=1S/C14H23N3OS/c1-8-6-5-7-15-12(8)14(18)17-10(3)13-9(2)16-11(4)19-13/h8,10,12,15H,5-7H2,1-4H3,(H,17,18). The van der Waals surface area contributed by atoms with Gasteiger partial charge in [0.25, 0.3) is 0 Å². The van der Waals surface area contributed by atoms with Crippen LogP contribution < -0.4 is 10.6 Å². The molecule has 0 aromatic carbocycles. The molecule has 2 rings (SSSR count). The van der Waals surface area contributed by atoms with E-state index in [0.29, 0.717) is 5.92 Å². The van der Waals surface area contributed by atoms with E-state index in [9.17, 15) is 4.79 Å². The Morgan fingerprint density at radius 1 is 1.53 bits per heavy atom. The van der Waals surface area contributed by atoms with E-state index in [0.717, 1.165) is 35.0 Å². The van der Waals surface area contributed by atoms with Crippen molar-refractivity contribution < 1.29 is 4.79 Å². The average Bonchev–Trinajstić information content (AvgIpc) is 2.69. The number of carbonyl (C=O) groups excluding carboxylic acids is 1. The molecule has 0 spiro atoms. The van der Waals surface area contributed by atoms with Crippen molar-refractivity contribution in [3.63, 3.8) is 0 Å². The zero-order valence-electron chi connectivity index (χ0n) is 12.1. The molecule has 0 radical (unpaired) electrons. The highest BCUT2D eigenvalue weighted by Gasteiger charge is 2.28. The van der Waals surface area contributed by atoms with Gasteiger partial charge in [-0.25, -0.2) is 4.98 Å². The lowest BCUT2D eigenvalue weighted by molar-refractivity contribution is -0.125. The minimum atomic E-state index is -0.0504. The van der Waals surface area contributed by atoms with Crippen molar-refractivity contribution in [2.75, 3.05) is 6.54 Å². The first-order chi connectivity index (χ1) is 8.99. The summed E-state index contributed by atoms with van der Waals surface area (Å²) in [6.07, 6.45) is 2.28. The van der Waals surface area contributed by atoms with Crippen LogP contribution in [0.5, 0.6) is 0 Å². The van der Waals surface area contributed by atoms with E-state index < -0.39 is 0 Å². The predicted molar refractivity (Wildman–Crippen MR) is 78.3 cm³/mol. The van der Waals surface area contributed by atoms with Gasteiger partial charge in [0.15, 0.2) is 0 Å². The van der Waals surface area contributed by atoms with Crippen LogP contribution in [0, 0.1) is 19.8 Å². The van der Waals surface area contributed by atoms with Crippen LogP contribution >= 0.6 is 11.3 Å². The molecule has 106 valence electrons. The molecule has 19 heavy (non-hydrogen) atoms. The van der Waals surface area contributed by atoms with Crippen LogP contribution in [0.4, 0.5) is 0 Å². The number of aromatic nitrogens is 1. The van der Waals surface area contributed by atoms with Gasteiger partial charge in [0.2, 0.25) is 5.91 Å². The SMILES string of the molecule is Cc1nc(C)c(C(C)NC(=O)C2NCCCC2C)s1. The highest BCUT2D eigenvalue weighted by atomic mass is 32.1. The van der Waals surface area contributed by atoms with Crippen LogP contribution in [-0.4, -0.2) is 23.5 Å². The van der Waals surface area contributed by atoms with Gasteiger partial charge in [-0.1, -0.05) is 6.92 Å². The highest BCUT2D eigenvalue weighted by molar-refractivity contribution is 7.11. The lowest BCUT2D eigenvalue weighted by Crippen LogP contribution is -2.51. The van der Waals surface area contributed by atoms with Gasteiger partial charge in [-0.05, 0) is 46.1 Å². The topological polar surface area (TPSA) is 54.0 Å². The van der Waals surface area contributed by atoms with Crippen molar-refractivity contribution in [2.45, 2.75) is 52.6 Å². The fourth-order valence-electron chi connectivity index (χ4n) is 2.72. The number of hydrogen-bond acceptors (Lipinski definition) is 4. The second-order valence-electron chi connectivity index (χ2n) is 5.46. The Hall–Kier alpha value is -0.940. The Bertz CT molecular complexity index is 458. The van der Waals surface area contributed by atoms with E-state index >= 15 is 0 Å². The Balaban J connectivity index is 2.00. The number of nitrogens with zero attached hydrogens (tertiary/aromatic N) is 1. The predicted octanol–water partition coefficient (Wildman–Crippen LogP) is 2.33. The molecule has 1 fully saturated rings. The largest absolute Gasteiger partial charge is 0.347 e. The number of carbonyl (C=O) groups is 1. The number of amides is 1. The molecular formula is C14H23N3OS. The van der Waals surface area contributed by atoms with Gasteiger partial charge >= 0.3 is 0 Å². The Morgan fingerprint density at radius 3 is 2.84 bits per heavy atom. The third kappa shape index (κ3) is 3.34. The van der Waals surface area contributed by atoms with Crippen molar-refractivity contribution >= 4 is 17.2 Å². The fraction of sp³-hybridized carbons (Fsp3) is 0.714. The van der Waals surface area contributed by atoms with Gasteiger partial charge in [0, 0.05) is 4.88 Å². The van der Waals surface area contributed by atoms with E-state index in [-0.39, 0.29) is 18.0 Å². The van der Waals surface area contributed by atoms with E-state index in [1.54, 1.807) is 11.3 Å². The first kappa shape index (κ1) is 14.5.